The monoisotopic (exact) mass is 415 g/mol. The van der Waals surface area contributed by atoms with Crippen LogP contribution in [0.25, 0.3) is 22.4 Å². The van der Waals surface area contributed by atoms with Gasteiger partial charge in [-0.1, -0.05) is 18.2 Å². The Morgan fingerprint density at radius 3 is 2.29 bits per heavy atom. The highest BCUT2D eigenvalue weighted by Crippen LogP contribution is 2.33. The molecule has 0 bridgehead atoms. The first-order chi connectivity index (χ1) is 14.9. The second kappa shape index (κ2) is 8.14. The van der Waals surface area contributed by atoms with Crippen molar-refractivity contribution < 1.29 is 14.3 Å². The van der Waals surface area contributed by atoms with Crippen LogP contribution in [-0.2, 0) is 0 Å². The van der Waals surface area contributed by atoms with Gasteiger partial charge in [0.15, 0.2) is 11.5 Å². The van der Waals surface area contributed by atoms with E-state index in [9.17, 15) is 4.79 Å². The quantitative estimate of drug-likeness (QED) is 0.456. The first-order valence-corrected chi connectivity index (χ1v) is 10.0. The summed E-state index contributed by atoms with van der Waals surface area (Å²) in [6.45, 7) is 6.00. The van der Waals surface area contributed by atoms with E-state index in [1.54, 1.807) is 14.2 Å². The summed E-state index contributed by atoms with van der Waals surface area (Å²) in [4.78, 5) is 20.8. The van der Waals surface area contributed by atoms with Crippen molar-refractivity contribution in [2.75, 3.05) is 19.5 Å². The zero-order valence-corrected chi connectivity index (χ0v) is 18.3. The number of nitrogens with one attached hydrogen (secondary N) is 2. The minimum atomic E-state index is -0.137. The average molecular weight is 415 g/mol. The molecule has 4 aromatic rings. The summed E-state index contributed by atoms with van der Waals surface area (Å²) >= 11 is 0. The van der Waals surface area contributed by atoms with Crippen LogP contribution in [-0.4, -0.2) is 30.1 Å². The molecule has 0 fully saturated rings. The predicted octanol–water partition coefficient (Wildman–Crippen LogP) is 5.42. The Balaban J connectivity index is 1.67. The lowest BCUT2D eigenvalue weighted by atomic mass is 10.1. The molecular weight excluding hydrogens is 390 g/mol. The molecule has 0 unspecified atom stereocenters. The van der Waals surface area contributed by atoms with Gasteiger partial charge in [-0.05, 0) is 55.7 Å². The fraction of sp³-hybridized carbons (Fsp3) is 0.200. The van der Waals surface area contributed by atoms with Gasteiger partial charge in [-0.3, -0.25) is 4.79 Å². The number of aryl methyl sites for hydroxylation is 3. The number of rotatable bonds is 5. The number of amides is 1. The van der Waals surface area contributed by atoms with E-state index in [4.69, 9.17) is 14.5 Å². The van der Waals surface area contributed by atoms with Crippen LogP contribution in [0, 0.1) is 20.8 Å². The summed E-state index contributed by atoms with van der Waals surface area (Å²) in [6, 6.07) is 15.3. The van der Waals surface area contributed by atoms with Gasteiger partial charge in [0.25, 0.3) is 5.91 Å². The summed E-state index contributed by atoms with van der Waals surface area (Å²) in [7, 11) is 3.20. The lowest BCUT2D eigenvalue weighted by Crippen LogP contribution is -2.13. The topological polar surface area (TPSA) is 76.2 Å². The summed E-state index contributed by atoms with van der Waals surface area (Å²) in [5, 5.41) is 3.03. The highest BCUT2D eigenvalue weighted by molar-refractivity contribution is 6.05. The van der Waals surface area contributed by atoms with E-state index in [1.165, 1.54) is 0 Å². The fourth-order valence-electron chi connectivity index (χ4n) is 3.45. The standard InChI is InChI=1S/C25H25N3O3/c1-14-6-9-18(10-16(14)3)25(29)28-19-11-17(8-7-15(19)2)24-26-20-12-22(30-4)23(31-5)13-21(20)27-24/h6-13H,1-5H3,(H,26,27)(H,28,29). The number of carbonyl (C=O) groups excluding carboxylic acids is 1. The van der Waals surface area contributed by atoms with Crippen LogP contribution in [0.15, 0.2) is 48.5 Å². The molecule has 0 aliphatic rings. The van der Waals surface area contributed by atoms with Crippen molar-refractivity contribution in [3.05, 3.63) is 70.8 Å². The molecule has 158 valence electrons. The Morgan fingerprint density at radius 1 is 0.871 bits per heavy atom. The third-order valence-electron chi connectivity index (χ3n) is 5.52. The summed E-state index contributed by atoms with van der Waals surface area (Å²) in [6.07, 6.45) is 0. The summed E-state index contributed by atoms with van der Waals surface area (Å²) < 4.78 is 10.7. The van der Waals surface area contributed by atoms with Crippen molar-refractivity contribution >= 4 is 22.6 Å². The van der Waals surface area contributed by atoms with Gasteiger partial charge < -0.3 is 19.8 Å². The van der Waals surface area contributed by atoms with Crippen LogP contribution in [0.2, 0.25) is 0 Å². The number of nitrogens with zero attached hydrogens (tertiary/aromatic N) is 1. The molecule has 31 heavy (non-hydrogen) atoms. The lowest BCUT2D eigenvalue weighted by Gasteiger charge is -2.11. The molecule has 1 amide bonds. The third kappa shape index (κ3) is 3.97. The van der Waals surface area contributed by atoms with Crippen molar-refractivity contribution in [1.29, 1.82) is 0 Å². The lowest BCUT2D eigenvalue weighted by molar-refractivity contribution is 0.102. The Kier molecular flexibility index (Phi) is 5.38. The van der Waals surface area contributed by atoms with Crippen molar-refractivity contribution in [2.24, 2.45) is 0 Å². The maximum atomic E-state index is 12.8. The van der Waals surface area contributed by atoms with Crippen molar-refractivity contribution in [3.63, 3.8) is 0 Å². The van der Waals surface area contributed by atoms with Gasteiger partial charge in [-0.25, -0.2) is 4.98 Å². The van der Waals surface area contributed by atoms with Gasteiger partial charge in [0.2, 0.25) is 0 Å². The molecule has 0 aliphatic heterocycles. The Morgan fingerprint density at radius 2 is 1.58 bits per heavy atom. The number of hydrogen-bond donors (Lipinski definition) is 2. The number of H-pyrrole nitrogens is 1. The van der Waals surface area contributed by atoms with Crippen molar-refractivity contribution in [3.8, 4) is 22.9 Å². The molecule has 0 aliphatic carbocycles. The van der Waals surface area contributed by atoms with Crippen LogP contribution in [0.3, 0.4) is 0 Å². The molecule has 0 radical (unpaired) electrons. The molecule has 3 aromatic carbocycles. The Labute approximate surface area is 181 Å². The number of imidazole rings is 1. The highest BCUT2D eigenvalue weighted by atomic mass is 16.5. The number of carbonyl (C=O) groups is 1. The van der Waals surface area contributed by atoms with Crippen molar-refractivity contribution in [1.82, 2.24) is 9.97 Å². The predicted molar refractivity (Wildman–Crippen MR) is 123 cm³/mol. The van der Waals surface area contributed by atoms with E-state index in [1.807, 2.05) is 69.3 Å². The van der Waals surface area contributed by atoms with Gasteiger partial charge in [-0.2, -0.15) is 0 Å². The minimum absolute atomic E-state index is 0.137. The normalized spacial score (nSPS) is 10.9. The molecule has 0 saturated carbocycles. The van der Waals surface area contributed by atoms with E-state index in [0.29, 0.717) is 22.9 Å². The third-order valence-corrected chi connectivity index (χ3v) is 5.52. The van der Waals surface area contributed by atoms with E-state index < -0.39 is 0 Å². The van der Waals surface area contributed by atoms with E-state index in [2.05, 4.69) is 10.3 Å². The van der Waals surface area contributed by atoms with Gasteiger partial charge >= 0.3 is 0 Å². The minimum Gasteiger partial charge on any atom is -0.493 e. The smallest absolute Gasteiger partial charge is 0.255 e. The molecule has 0 atom stereocenters. The Hall–Kier alpha value is -3.80. The van der Waals surface area contributed by atoms with Gasteiger partial charge in [-0.15, -0.1) is 0 Å². The largest absolute Gasteiger partial charge is 0.493 e. The number of hydrogen-bond acceptors (Lipinski definition) is 4. The second-order valence-corrected chi connectivity index (χ2v) is 7.59. The van der Waals surface area contributed by atoms with E-state index in [-0.39, 0.29) is 5.91 Å². The SMILES string of the molecule is COc1cc2nc(-c3ccc(C)c(NC(=O)c4ccc(C)c(C)c4)c3)[nH]c2cc1OC. The molecule has 2 N–H and O–H groups in total. The molecule has 6 heteroatoms. The van der Waals surface area contributed by atoms with Crippen molar-refractivity contribution in [2.45, 2.75) is 20.8 Å². The Bertz CT molecular complexity index is 1250. The molecular formula is C25H25N3O3. The molecule has 0 saturated heterocycles. The van der Waals surface area contributed by atoms with Crippen LogP contribution in [0.4, 0.5) is 5.69 Å². The maximum absolute atomic E-state index is 12.8. The van der Waals surface area contributed by atoms with Gasteiger partial charge in [0.1, 0.15) is 5.82 Å². The number of benzene rings is 3. The second-order valence-electron chi connectivity index (χ2n) is 7.59. The fourth-order valence-corrected chi connectivity index (χ4v) is 3.45. The van der Waals surface area contributed by atoms with Gasteiger partial charge in [0.05, 0.1) is 25.3 Å². The van der Waals surface area contributed by atoms with Crippen LogP contribution >= 0.6 is 0 Å². The number of aromatic amines is 1. The van der Waals surface area contributed by atoms with Crippen LogP contribution in [0.5, 0.6) is 11.5 Å². The number of methoxy groups -OCH3 is 2. The maximum Gasteiger partial charge on any atom is 0.255 e. The van der Waals surface area contributed by atoms with Crippen LogP contribution in [0.1, 0.15) is 27.0 Å². The number of aromatic nitrogens is 2. The zero-order chi connectivity index (χ0) is 22.1. The zero-order valence-electron chi connectivity index (χ0n) is 18.3. The van der Waals surface area contributed by atoms with E-state index in [0.717, 1.165) is 39.0 Å². The van der Waals surface area contributed by atoms with Crippen LogP contribution < -0.4 is 14.8 Å². The molecule has 6 nitrogen and oxygen atoms in total. The number of fused-ring (bicyclic) bond motifs is 1. The van der Waals surface area contributed by atoms with E-state index >= 15 is 0 Å². The number of ether oxygens (including phenoxy) is 2. The first-order valence-electron chi connectivity index (χ1n) is 10.0. The summed E-state index contributed by atoms with van der Waals surface area (Å²) in [5.74, 6) is 1.82. The van der Waals surface area contributed by atoms with Gasteiger partial charge in [0, 0.05) is 28.9 Å². The molecule has 4 rings (SSSR count). The first kappa shape index (κ1) is 20.5. The summed E-state index contributed by atoms with van der Waals surface area (Å²) in [5.41, 5.74) is 7.09. The highest BCUT2D eigenvalue weighted by Gasteiger charge is 2.14. The average Bonchev–Trinajstić information content (AvgIpc) is 3.18. The molecule has 1 aromatic heterocycles. The molecule has 0 spiro atoms. The number of anilines is 1. The molecule has 1 heterocycles.